The highest BCUT2D eigenvalue weighted by atomic mass is 35.5. The molecule has 0 aromatic heterocycles. The number of halogens is 1. The molecular weight excluding hydrogens is 352 g/mol. The molecule has 0 saturated heterocycles. The Balaban J connectivity index is 2.17. The van der Waals surface area contributed by atoms with Crippen LogP contribution >= 0.6 is 11.6 Å². The second-order valence-electron chi connectivity index (χ2n) is 6.70. The lowest BCUT2D eigenvalue weighted by atomic mass is 9.90. The second-order valence-corrected chi connectivity index (χ2v) is 7.11. The molecule has 2 rings (SSSR count). The largest absolute Gasteiger partial charge is 0.497 e. The summed E-state index contributed by atoms with van der Waals surface area (Å²) in [6.45, 7) is 6.92. The van der Waals surface area contributed by atoms with E-state index in [0.29, 0.717) is 22.1 Å². The lowest BCUT2D eigenvalue weighted by molar-refractivity contribution is -0.135. The van der Waals surface area contributed by atoms with Gasteiger partial charge < -0.3 is 15.4 Å². The van der Waals surface area contributed by atoms with Crippen LogP contribution in [0.4, 0.5) is 11.4 Å². The van der Waals surface area contributed by atoms with Gasteiger partial charge in [0.1, 0.15) is 11.2 Å². The lowest BCUT2D eigenvalue weighted by Gasteiger charge is -2.24. The summed E-state index contributed by atoms with van der Waals surface area (Å²) in [6.07, 6.45) is 0. The van der Waals surface area contributed by atoms with Gasteiger partial charge in [-0.15, -0.1) is 0 Å². The predicted octanol–water partition coefficient (Wildman–Crippen LogP) is 4.57. The normalized spacial score (nSPS) is 11.0. The molecular formula is C20H23ClN2O3. The SMILES string of the molecule is COc1cccc(NC(=O)C(C)(C)C(=O)Nc2c(C)cc(C)cc2Cl)c1. The minimum atomic E-state index is -1.30. The number of benzene rings is 2. The second kappa shape index (κ2) is 7.79. The fourth-order valence-electron chi connectivity index (χ4n) is 2.44. The Hall–Kier alpha value is -2.53. The summed E-state index contributed by atoms with van der Waals surface area (Å²) in [5.41, 5.74) is 1.61. The van der Waals surface area contributed by atoms with Gasteiger partial charge in [-0.05, 0) is 57.0 Å². The number of hydrogen-bond donors (Lipinski definition) is 2. The van der Waals surface area contributed by atoms with Gasteiger partial charge in [0, 0.05) is 11.8 Å². The summed E-state index contributed by atoms with van der Waals surface area (Å²) in [4.78, 5) is 25.4. The summed E-state index contributed by atoms with van der Waals surface area (Å²) in [5.74, 6) is -0.247. The van der Waals surface area contributed by atoms with E-state index in [1.807, 2.05) is 19.9 Å². The lowest BCUT2D eigenvalue weighted by Crippen LogP contribution is -2.41. The Morgan fingerprint density at radius 1 is 1.04 bits per heavy atom. The van der Waals surface area contributed by atoms with Crippen molar-refractivity contribution in [2.45, 2.75) is 27.7 Å². The number of hydrogen-bond acceptors (Lipinski definition) is 3. The van der Waals surface area contributed by atoms with E-state index in [1.54, 1.807) is 51.3 Å². The Kier molecular flexibility index (Phi) is 5.93. The first-order chi connectivity index (χ1) is 12.1. The molecule has 5 nitrogen and oxygen atoms in total. The van der Waals surface area contributed by atoms with Crippen molar-refractivity contribution < 1.29 is 14.3 Å². The van der Waals surface area contributed by atoms with Gasteiger partial charge in [0.25, 0.3) is 0 Å². The van der Waals surface area contributed by atoms with Gasteiger partial charge in [0.05, 0.1) is 17.8 Å². The number of nitrogens with one attached hydrogen (secondary N) is 2. The summed E-state index contributed by atoms with van der Waals surface area (Å²) in [6, 6.07) is 10.6. The number of anilines is 2. The number of carbonyl (C=O) groups is 2. The molecule has 0 saturated carbocycles. The summed E-state index contributed by atoms with van der Waals surface area (Å²) in [5, 5.41) is 5.97. The quantitative estimate of drug-likeness (QED) is 0.753. The minimum absolute atomic E-state index is 0.427. The zero-order valence-corrected chi connectivity index (χ0v) is 16.3. The van der Waals surface area contributed by atoms with Crippen LogP contribution in [0.25, 0.3) is 0 Å². The van der Waals surface area contributed by atoms with Crippen LogP contribution < -0.4 is 15.4 Å². The van der Waals surface area contributed by atoms with Crippen molar-refractivity contribution >= 4 is 34.8 Å². The molecule has 0 radical (unpaired) electrons. The molecule has 2 aromatic carbocycles. The third-order valence-electron chi connectivity index (χ3n) is 4.13. The van der Waals surface area contributed by atoms with E-state index in [0.717, 1.165) is 11.1 Å². The first-order valence-electron chi connectivity index (χ1n) is 8.19. The van der Waals surface area contributed by atoms with Crippen molar-refractivity contribution in [3.63, 3.8) is 0 Å². The molecule has 0 fully saturated rings. The standard InChI is InChI=1S/C20H23ClN2O3/c1-12-9-13(2)17(16(21)10-12)23-19(25)20(3,4)18(24)22-14-7-6-8-15(11-14)26-5/h6-11H,1-5H3,(H,22,24)(H,23,25). The highest BCUT2D eigenvalue weighted by molar-refractivity contribution is 6.34. The monoisotopic (exact) mass is 374 g/mol. The molecule has 0 heterocycles. The van der Waals surface area contributed by atoms with Crippen LogP contribution in [-0.4, -0.2) is 18.9 Å². The van der Waals surface area contributed by atoms with E-state index in [1.165, 1.54) is 0 Å². The molecule has 138 valence electrons. The number of amides is 2. The van der Waals surface area contributed by atoms with E-state index in [4.69, 9.17) is 16.3 Å². The highest BCUT2D eigenvalue weighted by Gasteiger charge is 2.36. The summed E-state index contributed by atoms with van der Waals surface area (Å²) >= 11 is 6.24. The number of methoxy groups -OCH3 is 1. The van der Waals surface area contributed by atoms with Crippen molar-refractivity contribution in [1.29, 1.82) is 0 Å². The number of rotatable bonds is 5. The fourth-order valence-corrected chi connectivity index (χ4v) is 2.80. The van der Waals surface area contributed by atoms with Crippen molar-refractivity contribution in [3.8, 4) is 5.75 Å². The van der Waals surface area contributed by atoms with Crippen molar-refractivity contribution in [2.75, 3.05) is 17.7 Å². The molecule has 0 aliphatic carbocycles. The Morgan fingerprint density at radius 3 is 2.31 bits per heavy atom. The van der Waals surface area contributed by atoms with Gasteiger partial charge in [0.2, 0.25) is 11.8 Å². The average molecular weight is 375 g/mol. The number of carbonyl (C=O) groups excluding carboxylic acids is 2. The zero-order valence-electron chi connectivity index (χ0n) is 15.6. The molecule has 2 amide bonds. The fraction of sp³-hybridized carbons (Fsp3) is 0.300. The topological polar surface area (TPSA) is 67.4 Å². The van der Waals surface area contributed by atoms with Crippen molar-refractivity contribution in [1.82, 2.24) is 0 Å². The van der Waals surface area contributed by atoms with E-state index in [9.17, 15) is 9.59 Å². The first kappa shape index (κ1) is 19.8. The average Bonchev–Trinajstić information content (AvgIpc) is 2.57. The van der Waals surface area contributed by atoms with Crippen molar-refractivity contribution in [3.05, 3.63) is 52.5 Å². The summed E-state index contributed by atoms with van der Waals surface area (Å²) < 4.78 is 5.14. The smallest absolute Gasteiger partial charge is 0.239 e. The zero-order chi connectivity index (χ0) is 19.5. The van der Waals surface area contributed by atoms with Gasteiger partial charge in [0.15, 0.2) is 0 Å². The molecule has 26 heavy (non-hydrogen) atoms. The molecule has 0 atom stereocenters. The Labute approximate surface area is 158 Å². The van der Waals surface area contributed by atoms with Crippen LogP contribution in [0.15, 0.2) is 36.4 Å². The van der Waals surface area contributed by atoms with Gasteiger partial charge in [-0.3, -0.25) is 9.59 Å². The molecule has 0 unspecified atom stereocenters. The van der Waals surface area contributed by atoms with Crippen LogP contribution in [0, 0.1) is 19.3 Å². The predicted molar refractivity (Wildman–Crippen MR) is 105 cm³/mol. The van der Waals surface area contributed by atoms with Crippen LogP contribution in [-0.2, 0) is 9.59 Å². The van der Waals surface area contributed by atoms with E-state index < -0.39 is 17.2 Å². The molecule has 6 heteroatoms. The van der Waals surface area contributed by atoms with Crippen molar-refractivity contribution in [2.24, 2.45) is 5.41 Å². The Bertz CT molecular complexity index is 824. The minimum Gasteiger partial charge on any atom is -0.497 e. The number of aryl methyl sites for hydroxylation is 2. The van der Waals surface area contributed by atoms with Crippen LogP contribution in [0.2, 0.25) is 5.02 Å². The van der Waals surface area contributed by atoms with E-state index in [2.05, 4.69) is 10.6 Å². The third-order valence-corrected chi connectivity index (χ3v) is 4.43. The maximum absolute atomic E-state index is 12.7. The summed E-state index contributed by atoms with van der Waals surface area (Å²) in [7, 11) is 1.55. The van der Waals surface area contributed by atoms with E-state index in [-0.39, 0.29) is 0 Å². The van der Waals surface area contributed by atoms with E-state index >= 15 is 0 Å². The molecule has 0 aliphatic heterocycles. The maximum atomic E-state index is 12.7. The maximum Gasteiger partial charge on any atom is 0.239 e. The van der Waals surface area contributed by atoms with Gasteiger partial charge in [-0.1, -0.05) is 23.7 Å². The Morgan fingerprint density at radius 2 is 1.69 bits per heavy atom. The first-order valence-corrected chi connectivity index (χ1v) is 8.56. The molecule has 0 spiro atoms. The third kappa shape index (κ3) is 4.35. The molecule has 0 bridgehead atoms. The van der Waals surface area contributed by atoms with Gasteiger partial charge in [-0.25, -0.2) is 0 Å². The van der Waals surface area contributed by atoms with Crippen LogP contribution in [0.5, 0.6) is 5.75 Å². The van der Waals surface area contributed by atoms with Gasteiger partial charge in [-0.2, -0.15) is 0 Å². The van der Waals surface area contributed by atoms with Gasteiger partial charge >= 0.3 is 0 Å². The number of ether oxygens (including phenoxy) is 1. The van der Waals surface area contributed by atoms with Crippen LogP contribution in [0.3, 0.4) is 0 Å². The molecule has 2 N–H and O–H groups in total. The molecule has 0 aliphatic rings. The van der Waals surface area contributed by atoms with Crippen LogP contribution in [0.1, 0.15) is 25.0 Å². The molecule has 2 aromatic rings. The highest BCUT2D eigenvalue weighted by Crippen LogP contribution is 2.30.